The van der Waals surface area contributed by atoms with E-state index in [9.17, 15) is 9.59 Å². The maximum atomic E-state index is 13.4. The molecule has 0 amide bonds. The molecule has 31 heavy (non-hydrogen) atoms. The maximum absolute atomic E-state index is 13.4. The Labute approximate surface area is 187 Å². The molecule has 6 nitrogen and oxygen atoms in total. The number of carbonyl (C=O) groups is 1. The van der Waals surface area contributed by atoms with Gasteiger partial charge in [-0.05, 0) is 42.3 Å². The molecule has 1 aromatic heterocycles. The zero-order valence-electron chi connectivity index (χ0n) is 17.1. The third-order valence-electron chi connectivity index (χ3n) is 5.05. The van der Waals surface area contributed by atoms with Crippen molar-refractivity contribution in [3.63, 3.8) is 0 Å². The van der Waals surface area contributed by atoms with Gasteiger partial charge in [-0.3, -0.25) is 9.36 Å². The first-order chi connectivity index (χ1) is 14.9. The molecular formula is C23H19ClN2O4S. The number of carbonyl (C=O) groups excluding carboxylic acids is 1. The summed E-state index contributed by atoms with van der Waals surface area (Å²) in [6, 6.07) is 13.9. The molecule has 0 saturated heterocycles. The number of hydrogen-bond donors (Lipinski definition) is 0. The van der Waals surface area contributed by atoms with Gasteiger partial charge in [0.05, 0.1) is 36.1 Å². The molecular weight excluding hydrogens is 436 g/mol. The van der Waals surface area contributed by atoms with Crippen LogP contribution in [0.2, 0.25) is 5.02 Å². The van der Waals surface area contributed by atoms with Crippen LogP contribution in [0.3, 0.4) is 0 Å². The van der Waals surface area contributed by atoms with Crippen molar-refractivity contribution >= 4 is 35.0 Å². The summed E-state index contributed by atoms with van der Waals surface area (Å²) >= 11 is 7.53. The summed E-state index contributed by atoms with van der Waals surface area (Å²) in [6.45, 7) is 1.74. The highest BCUT2D eigenvalue weighted by Gasteiger charge is 2.33. The van der Waals surface area contributed by atoms with Gasteiger partial charge >= 0.3 is 5.97 Å². The van der Waals surface area contributed by atoms with Gasteiger partial charge in [-0.15, -0.1) is 0 Å². The van der Waals surface area contributed by atoms with Crippen LogP contribution in [-0.2, 0) is 9.53 Å². The molecule has 4 rings (SSSR count). The van der Waals surface area contributed by atoms with Crippen LogP contribution in [0.25, 0.3) is 6.08 Å². The van der Waals surface area contributed by atoms with Gasteiger partial charge in [0.1, 0.15) is 5.75 Å². The Morgan fingerprint density at radius 2 is 1.87 bits per heavy atom. The number of rotatable bonds is 4. The maximum Gasteiger partial charge on any atom is 0.338 e. The predicted molar refractivity (Wildman–Crippen MR) is 120 cm³/mol. The van der Waals surface area contributed by atoms with Crippen molar-refractivity contribution in [2.24, 2.45) is 4.99 Å². The number of thiazole rings is 1. The molecule has 158 valence electrons. The Morgan fingerprint density at radius 3 is 2.52 bits per heavy atom. The van der Waals surface area contributed by atoms with Crippen LogP contribution in [0.4, 0.5) is 0 Å². The van der Waals surface area contributed by atoms with Crippen LogP contribution in [0.5, 0.6) is 5.75 Å². The Hall–Kier alpha value is -3.16. The van der Waals surface area contributed by atoms with E-state index in [1.165, 1.54) is 23.0 Å². The van der Waals surface area contributed by atoms with Crippen LogP contribution in [0.15, 0.2) is 69.6 Å². The topological polar surface area (TPSA) is 69.9 Å². The summed E-state index contributed by atoms with van der Waals surface area (Å²) in [5, 5.41) is 0.548. The third-order valence-corrected chi connectivity index (χ3v) is 6.38. The summed E-state index contributed by atoms with van der Waals surface area (Å²) in [6.07, 6.45) is 1.74. The van der Waals surface area contributed by atoms with Crippen molar-refractivity contribution < 1.29 is 14.3 Å². The second-order valence-electron chi connectivity index (χ2n) is 6.87. The minimum atomic E-state index is -0.664. The summed E-state index contributed by atoms with van der Waals surface area (Å²) in [4.78, 5) is 31.1. The fraction of sp³-hybridized carbons (Fsp3) is 0.174. The molecule has 2 aromatic carbocycles. The van der Waals surface area contributed by atoms with Gasteiger partial charge < -0.3 is 9.47 Å². The molecule has 8 heteroatoms. The lowest BCUT2D eigenvalue weighted by molar-refractivity contribution is -0.136. The first kappa shape index (κ1) is 21.1. The number of allylic oxidation sites excluding steroid dienone is 1. The van der Waals surface area contributed by atoms with Crippen molar-refractivity contribution in [2.45, 2.75) is 13.0 Å². The standard InChI is InChI=1S/C23H19ClN2O4S/c1-13-19(22(28)30-3)20(14-8-10-16(29-2)11-9-14)26-21(27)18(31-23(26)25-13)12-15-6-4-5-7-17(15)24/h4-12,20H,1-3H3/b18-12+. The first-order valence-electron chi connectivity index (χ1n) is 9.44. The second kappa shape index (κ2) is 8.53. The zero-order valence-corrected chi connectivity index (χ0v) is 18.7. The van der Waals surface area contributed by atoms with Gasteiger partial charge in [-0.2, -0.15) is 0 Å². The molecule has 0 aliphatic carbocycles. The molecule has 0 fully saturated rings. The number of halogens is 1. The Balaban J connectivity index is 1.97. The molecule has 1 unspecified atom stereocenters. The number of benzene rings is 2. The molecule has 0 saturated carbocycles. The summed E-state index contributed by atoms with van der Waals surface area (Å²) in [7, 11) is 2.90. The average molecular weight is 455 g/mol. The van der Waals surface area contributed by atoms with Crippen LogP contribution in [0, 0.1) is 0 Å². The van der Waals surface area contributed by atoms with Crippen LogP contribution >= 0.6 is 22.9 Å². The van der Waals surface area contributed by atoms with Crippen molar-refractivity contribution in [3.05, 3.63) is 95.6 Å². The van der Waals surface area contributed by atoms with Crippen LogP contribution in [-0.4, -0.2) is 24.8 Å². The van der Waals surface area contributed by atoms with E-state index in [1.54, 1.807) is 38.3 Å². The van der Waals surface area contributed by atoms with Gasteiger partial charge in [-0.1, -0.05) is 53.3 Å². The summed E-state index contributed by atoms with van der Waals surface area (Å²) in [5.74, 6) is 0.151. The highest BCUT2D eigenvalue weighted by molar-refractivity contribution is 7.07. The number of methoxy groups -OCH3 is 2. The minimum Gasteiger partial charge on any atom is -0.497 e. The number of aromatic nitrogens is 1. The van der Waals surface area contributed by atoms with E-state index < -0.39 is 12.0 Å². The van der Waals surface area contributed by atoms with Gasteiger partial charge in [0, 0.05) is 5.02 Å². The van der Waals surface area contributed by atoms with E-state index >= 15 is 0 Å². The van der Waals surface area contributed by atoms with Gasteiger partial charge in [-0.25, -0.2) is 9.79 Å². The van der Waals surface area contributed by atoms with Crippen molar-refractivity contribution in [3.8, 4) is 5.75 Å². The molecule has 2 heterocycles. The smallest absolute Gasteiger partial charge is 0.338 e. The molecule has 1 aliphatic heterocycles. The SMILES string of the molecule is COC(=O)C1=C(C)N=c2s/c(=C/c3ccccc3Cl)c(=O)n2C1c1ccc(OC)cc1. The predicted octanol–water partition coefficient (Wildman–Crippen LogP) is 3.07. The van der Waals surface area contributed by atoms with Crippen molar-refractivity contribution in [2.75, 3.05) is 14.2 Å². The highest BCUT2D eigenvalue weighted by Crippen LogP contribution is 2.31. The Kier molecular flexibility index (Phi) is 5.80. The normalized spacial score (nSPS) is 16.0. The highest BCUT2D eigenvalue weighted by atomic mass is 35.5. The summed E-state index contributed by atoms with van der Waals surface area (Å²) in [5.41, 5.74) is 2.07. The van der Waals surface area contributed by atoms with E-state index in [1.807, 2.05) is 30.3 Å². The number of fused-ring (bicyclic) bond motifs is 1. The fourth-order valence-corrected chi connectivity index (χ4v) is 4.76. The van der Waals surface area contributed by atoms with Crippen LogP contribution in [0.1, 0.15) is 24.1 Å². The Morgan fingerprint density at radius 1 is 1.16 bits per heavy atom. The monoisotopic (exact) mass is 454 g/mol. The minimum absolute atomic E-state index is 0.251. The number of hydrogen-bond acceptors (Lipinski definition) is 6. The van der Waals surface area contributed by atoms with Crippen molar-refractivity contribution in [1.82, 2.24) is 4.57 Å². The molecule has 1 atom stereocenters. The fourth-order valence-electron chi connectivity index (χ4n) is 3.53. The lowest BCUT2D eigenvalue weighted by Crippen LogP contribution is -2.39. The first-order valence-corrected chi connectivity index (χ1v) is 10.6. The van der Waals surface area contributed by atoms with Gasteiger partial charge in [0.15, 0.2) is 4.80 Å². The quantitative estimate of drug-likeness (QED) is 0.568. The van der Waals surface area contributed by atoms with E-state index in [2.05, 4.69) is 4.99 Å². The van der Waals surface area contributed by atoms with E-state index in [0.717, 1.165) is 11.1 Å². The second-order valence-corrected chi connectivity index (χ2v) is 8.28. The molecule has 0 spiro atoms. The Bertz CT molecular complexity index is 1370. The molecule has 0 N–H and O–H groups in total. The van der Waals surface area contributed by atoms with E-state index in [-0.39, 0.29) is 5.56 Å². The number of esters is 1. The third kappa shape index (κ3) is 3.82. The number of ether oxygens (including phenoxy) is 2. The van der Waals surface area contributed by atoms with Crippen LogP contribution < -0.4 is 19.6 Å². The van der Waals surface area contributed by atoms with E-state index in [0.29, 0.717) is 31.4 Å². The lowest BCUT2D eigenvalue weighted by atomic mass is 9.96. The molecule has 0 bridgehead atoms. The lowest BCUT2D eigenvalue weighted by Gasteiger charge is -2.24. The molecule has 3 aromatic rings. The average Bonchev–Trinajstić information content (AvgIpc) is 3.08. The molecule has 0 radical (unpaired) electrons. The zero-order chi connectivity index (χ0) is 22.1. The molecule has 1 aliphatic rings. The van der Waals surface area contributed by atoms with Crippen molar-refractivity contribution in [1.29, 1.82) is 0 Å². The van der Waals surface area contributed by atoms with Gasteiger partial charge in [0.25, 0.3) is 5.56 Å². The largest absolute Gasteiger partial charge is 0.497 e. The summed E-state index contributed by atoms with van der Waals surface area (Å²) < 4.78 is 12.3. The number of nitrogens with zero attached hydrogens (tertiary/aromatic N) is 2. The van der Waals surface area contributed by atoms with Gasteiger partial charge in [0.2, 0.25) is 0 Å². The van der Waals surface area contributed by atoms with E-state index in [4.69, 9.17) is 21.1 Å².